The van der Waals surface area contributed by atoms with Crippen molar-refractivity contribution in [1.82, 2.24) is 34.7 Å². The van der Waals surface area contributed by atoms with E-state index in [4.69, 9.17) is 16.3 Å². The number of fused-ring (bicyclic) bond motifs is 1. The summed E-state index contributed by atoms with van der Waals surface area (Å²) in [6, 6.07) is 5.90. The molecule has 0 N–H and O–H groups in total. The molecule has 0 atom stereocenters. The van der Waals surface area contributed by atoms with Crippen molar-refractivity contribution < 1.29 is 31.4 Å². The number of pyridine rings is 1. The van der Waals surface area contributed by atoms with Crippen LogP contribution in [0.5, 0.6) is 11.8 Å². The Balaban J connectivity index is 1.68. The zero-order chi connectivity index (χ0) is 24.0. The summed E-state index contributed by atoms with van der Waals surface area (Å²) < 4.78 is 76.7. The van der Waals surface area contributed by atoms with Crippen LogP contribution in [0.2, 0.25) is 5.02 Å². The fourth-order valence-corrected chi connectivity index (χ4v) is 3.10. The second-order valence-corrected chi connectivity index (χ2v) is 7.13. The van der Waals surface area contributed by atoms with Gasteiger partial charge < -0.3 is 9.47 Å². The van der Waals surface area contributed by atoms with Crippen LogP contribution in [-0.2, 0) is 13.7 Å². The van der Waals surface area contributed by atoms with E-state index in [2.05, 4.69) is 30.2 Å². The number of hydrogen-bond acceptors (Lipinski definition) is 7. The largest absolute Gasteiger partial charge is 0.499 e. The third kappa shape index (κ3) is 4.13. The molecule has 15 heteroatoms. The van der Waals surface area contributed by atoms with Crippen LogP contribution in [0.1, 0.15) is 11.3 Å². The standard InChI is InChI=1S/C18H13ClF5N7O2/c1-9-11(25-7-6-13(9)33-18(23,24)17(20,21)22)8-32-16-26-14-10(19)4-3-5-12(14)31(16)15-27-28-29-30(15)2/h3-7H,8H2,1-2H3. The number of para-hydroxylation sites is 1. The average molecular weight is 490 g/mol. The molecule has 1 aromatic carbocycles. The number of nitrogens with zero attached hydrogens (tertiary/aromatic N) is 7. The first-order chi connectivity index (χ1) is 15.5. The van der Waals surface area contributed by atoms with Gasteiger partial charge in [-0.15, -0.1) is 0 Å². The lowest BCUT2D eigenvalue weighted by molar-refractivity contribution is -0.360. The van der Waals surface area contributed by atoms with Crippen molar-refractivity contribution in [2.75, 3.05) is 0 Å². The number of hydrogen-bond donors (Lipinski definition) is 0. The highest BCUT2D eigenvalue weighted by Crippen LogP contribution is 2.38. The van der Waals surface area contributed by atoms with E-state index >= 15 is 0 Å². The molecular formula is C18H13ClF5N7O2. The van der Waals surface area contributed by atoms with Crippen molar-refractivity contribution >= 4 is 22.6 Å². The van der Waals surface area contributed by atoms with Gasteiger partial charge in [-0.1, -0.05) is 22.8 Å². The van der Waals surface area contributed by atoms with Gasteiger partial charge in [0.25, 0.3) is 5.95 Å². The van der Waals surface area contributed by atoms with Gasteiger partial charge in [-0.3, -0.25) is 4.98 Å². The van der Waals surface area contributed by atoms with Gasteiger partial charge in [0.1, 0.15) is 17.9 Å². The van der Waals surface area contributed by atoms with Gasteiger partial charge in [-0.25, -0.2) is 9.25 Å². The fourth-order valence-electron chi connectivity index (χ4n) is 2.89. The Morgan fingerprint density at radius 3 is 2.55 bits per heavy atom. The summed E-state index contributed by atoms with van der Waals surface area (Å²) in [6.07, 6.45) is -10.2. The van der Waals surface area contributed by atoms with E-state index in [1.807, 2.05) is 0 Å². The van der Waals surface area contributed by atoms with Gasteiger partial charge >= 0.3 is 18.3 Å². The molecule has 0 fully saturated rings. The summed E-state index contributed by atoms with van der Waals surface area (Å²) in [5, 5.41) is 11.6. The highest BCUT2D eigenvalue weighted by molar-refractivity contribution is 6.35. The van der Waals surface area contributed by atoms with Gasteiger partial charge in [0, 0.05) is 18.8 Å². The molecule has 0 amide bonds. The SMILES string of the molecule is Cc1c(OC(F)(F)C(F)(F)F)ccnc1COc1nc2c(Cl)cccc2n1-c1nnnn1C. The second kappa shape index (κ2) is 8.10. The number of rotatable bonds is 6. The number of alkyl halides is 5. The number of aromatic nitrogens is 7. The summed E-state index contributed by atoms with van der Waals surface area (Å²) in [5.41, 5.74) is 0.874. The van der Waals surface area contributed by atoms with Gasteiger partial charge in [-0.05, 0) is 35.5 Å². The van der Waals surface area contributed by atoms with Crippen molar-refractivity contribution in [3.05, 3.63) is 46.7 Å². The van der Waals surface area contributed by atoms with E-state index in [0.29, 0.717) is 16.1 Å². The van der Waals surface area contributed by atoms with Gasteiger partial charge in [0.2, 0.25) is 0 Å². The first-order valence-corrected chi connectivity index (χ1v) is 9.48. The molecule has 174 valence electrons. The summed E-state index contributed by atoms with van der Waals surface area (Å²) in [7, 11) is 1.59. The van der Waals surface area contributed by atoms with Crippen molar-refractivity contribution in [2.45, 2.75) is 25.8 Å². The molecule has 0 saturated heterocycles. The first kappa shape index (κ1) is 22.6. The molecule has 9 nitrogen and oxygen atoms in total. The van der Waals surface area contributed by atoms with Crippen LogP contribution < -0.4 is 9.47 Å². The fraction of sp³-hybridized carbons (Fsp3) is 0.278. The molecule has 0 aliphatic rings. The van der Waals surface area contributed by atoms with Crippen LogP contribution in [0.4, 0.5) is 22.0 Å². The van der Waals surface area contributed by atoms with Crippen LogP contribution >= 0.6 is 11.6 Å². The zero-order valence-electron chi connectivity index (χ0n) is 16.8. The molecule has 0 saturated carbocycles. The maximum Gasteiger partial charge on any atom is 0.499 e. The van der Waals surface area contributed by atoms with Gasteiger partial charge in [0.05, 0.1) is 16.2 Å². The Bertz CT molecular complexity index is 1320. The van der Waals surface area contributed by atoms with Crippen molar-refractivity contribution in [2.24, 2.45) is 7.05 Å². The van der Waals surface area contributed by atoms with Gasteiger partial charge in [0.15, 0.2) is 0 Å². The summed E-state index contributed by atoms with van der Waals surface area (Å²) in [6.45, 7) is 0.937. The van der Waals surface area contributed by atoms with E-state index in [-0.39, 0.29) is 29.8 Å². The normalized spacial score (nSPS) is 12.4. The van der Waals surface area contributed by atoms with Crippen LogP contribution in [-0.4, -0.2) is 47.0 Å². The Labute approximate surface area is 186 Å². The molecule has 0 bridgehead atoms. The maximum absolute atomic E-state index is 13.3. The lowest BCUT2D eigenvalue weighted by Gasteiger charge is -2.21. The number of aryl methyl sites for hydroxylation is 1. The van der Waals surface area contributed by atoms with E-state index < -0.39 is 18.0 Å². The molecule has 0 aliphatic carbocycles. The predicted octanol–water partition coefficient (Wildman–Crippen LogP) is 4.02. The smallest absolute Gasteiger partial charge is 0.458 e. The lowest BCUT2D eigenvalue weighted by atomic mass is 10.2. The Morgan fingerprint density at radius 1 is 1.12 bits per heavy atom. The Hall–Kier alpha value is -3.55. The molecule has 33 heavy (non-hydrogen) atoms. The van der Waals surface area contributed by atoms with E-state index in [0.717, 1.165) is 12.3 Å². The highest BCUT2D eigenvalue weighted by atomic mass is 35.5. The highest BCUT2D eigenvalue weighted by Gasteiger charge is 2.61. The third-order valence-electron chi connectivity index (χ3n) is 4.57. The average Bonchev–Trinajstić information content (AvgIpc) is 3.31. The molecule has 3 aromatic heterocycles. The molecule has 0 aliphatic heterocycles. The minimum atomic E-state index is -5.88. The second-order valence-electron chi connectivity index (χ2n) is 6.73. The number of ether oxygens (including phenoxy) is 2. The number of halogens is 6. The van der Waals surface area contributed by atoms with Crippen molar-refractivity contribution in [1.29, 1.82) is 0 Å². The molecule has 0 radical (unpaired) electrons. The molecule has 0 spiro atoms. The third-order valence-corrected chi connectivity index (χ3v) is 4.87. The molecular weight excluding hydrogens is 477 g/mol. The van der Waals surface area contributed by atoms with E-state index in [9.17, 15) is 22.0 Å². The Morgan fingerprint density at radius 2 is 1.88 bits per heavy atom. The van der Waals surface area contributed by atoms with Crippen LogP contribution in [0.3, 0.4) is 0 Å². The summed E-state index contributed by atoms with van der Waals surface area (Å²) in [5.74, 6) is -0.457. The summed E-state index contributed by atoms with van der Waals surface area (Å²) in [4.78, 5) is 8.33. The first-order valence-electron chi connectivity index (χ1n) is 9.10. The molecule has 4 aromatic rings. The number of benzene rings is 1. The topological polar surface area (TPSA) is 92.8 Å². The van der Waals surface area contributed by atoms with E-state index in [1.54, 1.807) is 25.2 Å². The quantitative estimate of drug-likeness (QED) is 0.378. The van der Waals surface area contributed by atoms with Crippen LogP contribution in [0.15, 0.2) is 30.5 Å². The summed E-state index contributed by atoms with van der Waals surface area (Å²) >= 11 is 6.22. The lowest BCUT2D eigenvalue weighted by Crippen LogP contribution is -2.42. The maximum atomic E-state index is 13.3. The monoisotopic (exact) mass is 489 g/mol. The minimum absolute atomic E-state index is 0.0101. The molecule has 0 unspecified atom stereocenters. The van der Waals surface area contributed by atoms with Crippen molar-refractivity contribution in [3.63, 3.8) is 0 Å². The minimum Gasteiger partial charge on any atom is -0.458 e. The van der Waals surface area contributed by atoms with Crippen molar-refractivity contribution in [3.8, 4) is 17.7 Å². The van der Waals surface area contributed by atoms with Crippen LogP contribution in [0, 0.1) is 6.92 Å². The van der Waals surface area contributed by atoms with Crippen LogP contribution in [0.25, 0.3) is 17.0 Å². The number of tetrazole rings is 1. The van der Waals surface area contributed by atoms with Gasteiger partial charge in [-0.2, -0.15) is 26.9 Å². The zero-order valence-corrected chi connectivity index (χ0v) is 17.6. The molecule has 3 heterocycles. The Kier molecular flexibility index (Phi) is 5.56. The molecule has 4 rings (SSSR count). The number of imidazole rings is 1. The predicted molar refractivity (Wildman–Crippen MR) is 103 cm³/mol. The van der Waals surface area contributed by atoms with E-state index in [1.165, 1.54) is 16.2 Å².